The van der Waals surface area contributed by atoms with Crippen molar-refractivity contribution in [3.8, 4) is 0 Å². The Kier molecular flexibility index (Phi) is 11.0. The van der Waals surface area contributed by atoms with Gasteiger partial charge in [0.05, 0.1) is 13.0 Å². The van der Waals surface area contributed by atoms with Gasteiger partial charge in [-0.25, -0.2) is 9.59 Å². The van der Waals surface area contributed by atoms with Crippen molar-refractivity contribution in [2.45, 2.75) is 39.1 Å². The van der Waals surface area contributed by atoms with Gasteiger partial charge in [-0.15, -0.1) is 0 Å². The van der Waals surface area contributed by atoms with E-state index in [4.69, 9.17) is 14.6 Å². The summed E-state index contributed by atoms with van der Waals surface area (Å²) in [5, 5.41) is 22.6. The molecule has 0 aromatic carbocycles. The second-order valence-corrected chi connectivity index (χ2v) is 8.54. The first-order chi connectivity index (χ1) is 14.9. The number of esters is 1. The minimum atomic E-state index is -1.88. The maximum atomic E-state index is 12.4. The SMILES string of the molecule is CC1(C)COC(=O)C(O)O[C@H]1C(=O)NCCC(=O)NCCSC(=O)CC(=O)/C=C/C(=O)O. The summed E-state index contributed by atoms with van der Waals surface area (Å²) in [5.41, 5.74) is -0.895. The van der Waals surface area contributed by atoms with E-state index < -0.39 is 58.9 Å². The summed E-state index contributed by atoms with van der Waals surface area (Å²) in [6, 6.07) is 0. The Labute approximate surface area is 188 Å². The summed E-state index contributed by atoms with van der Waals surface area (Å²) in [4.78, 5) is 68.8. The number of aliphatic carboxylic acids is 1. The highest BCUT2D eigenvalue weighted by Crippen LogP contribution is 2.28. The second-order valence-electron chi connectivity index (χ2n) is 7.39. The lowest BCUT2D eigenvalue weighted by atomic mass is 9.87. The fraction of sp³-hybridized carbons (Fsp3) is 0.579. The van der Waals surface area contributed by atoms with Crippen LogP contribution in [0.2, 0.25) is 0 Å². The number of rotatable bonds is 11. The molecule has 1 fully saturated rings. The van der Waals surface area contributed by atoms with Gasteiger partial charge in [-0.3, -0.25) is 19.2 Å². The number of hydrogen-bond donors (Lipinski definition) is 4. The molecule has 2 amide bonds. The van der Waals surface area contributed by atoms with Crippen molar-refractivity contribution in [2.24, 2.45) is 5.41 Å². The molecule has 0 radical (unpaired) electrons. The van der Waals surface area contributed by atoms with Crippen molar-refractivity contribution in [1.82, 2.24) is 10.6 Å². The summed E-state index contributed by atoms with van der Waals surface area (Å²) in [6.45, 7) is 3.25. The van der Waals surface area contributed by atoms with Crippen LogP contribution in [-0.2, 0) is 38.2 Å². The fourth-order valence-electron chi connectivity index (χ4n) is 2.44. The van der Waals surface area contributed by atoms with Gasteiger partial charge in [-0.1, -0.05) is 25.6 Å². The van der Waals surface area contributed by atoms with Crippen LogP contribution in [0.25, 0.3) is 0 Å². The highest BCUT2D eigenvalue weighted by molar-refractivity contribution is 8.13. The molecule has 0 aliphatic carbocycles. The highest BCUT2D eigenvalue weighted by Gasteiger charge is 2.43. The summed E-state index contributed by atoms with van der Waals surface area (Å²) < 4.78 is 9.93. The van der Waals surface area contributed by atoms with Crippen molar-refractivity contribution < 1.29 is 48.5 Å². The molecule has 178 valence electrons. The van der Waals surface area contributed by atoms with Gasteiger partial charge in [-0.05, 0) is 6.08 Å². The Morgan fingerprint density at radius 3 is 2.50 bits per heavy atom. The summed E-state index contributed by atoms with van der Waals surface area (Å²) >= 11 is 0.826. The van der Waals surface area contributed by atoms with E-state index in [0.717, 1.165) is 17.8 Å². The number of ether oxygens (including phenoxy) is 2. The van der Waals surface area contributed by atoms with Crippen molar-refractivity contribution >= 4 is 46.4 Å². The van der Waals surface area contributed by atoms with Gasteiger partial charge in [0.15, 0.2) is 10.9 Å². The molecule has 12 nitrogen and oxygen atoms in total. The number of carboxylic acid groups (broad SMARTS) is 1. The third kappa shape index (κ3) is 10.0. The number of hydrogen-bond acceptors (Lipinski definition) is 10. The Bertz CT molecular complexity index is 780. The maximum absolute atomic E-state index is 12.4. The first-order valence-electron chi connectivity index (χ1n) is 9.56. The predicted molar refractivity (Wildman–Crippen MR) is 110 cm³/mol. The summed E-state index contributed by atoms with van der Waals surface area (Å²) in [5.74, 6) is -3.69. The van der Waals surface area contributed by atoms with E-state index in [1.54, 1.807) is 13.8 Å². The molecule has 1 aliphatic heterocycles. The lowest BCUT2D eigenvalue weighted by Crippen LogP contribution is -2.48. The molecule has 1 saturated heterocycles. The van der Waals surface area contributed by atoms with Crippen LogP contribution in [0, 0.1) is 5.41 Å². The van der Waals surface area contributed by atoms with Gasteiger partial charge in [0.25, 0.3) is 6.29 Å². The molecule has 13 heteroatoms. The third-order valence-electron chi connectivity index (χ3n) is 4.07. The highest BCUT2D eigenvalue weighted by atomic mass is 32.2. The maximum Gasteiger partial charge on any atom is 0.363 e. The number of carbonyl (C=O) groups is 6. The van der Waals surface area contributed by atoms with Crippen LogP contribution in [0.3, 0.4) is 0 Å². The van der Waals surface area contributed by atoms with E-state index in [1.807, 2.05) is 0 Å². The Morgan fingerprint density at radius 1 is 1.16 bits per heavy atom. The molecule has 1 rings (SSSR count). The Balaban J connectivity index is 2.27. The van der Waals surface area contributed by atoms with Gasteiger partial charge in [-0.2, -0.15) is 0 Å². The first kappa shape index (κ1) is 27.3. The van der Waals surface area contributed by atoms with Gasteiger partial charge < -0.3 is 30.3 Å². The zero-order chi connectivity index (χ0) is 24.3. The average Bonchev–Trinajstić information content (AvgIpc) is 2.80. The summed E-state index contributed by atoms with van der Waals surface area (Å²) in [7, 11) is 0. The zero-order valence-corrected chi connectivity index (χ0v) is 18.4. The van der Waals surface area contributed by atoms with Gasteiger partial charge >= 0.3 is 11.9 Å². The zero-order valence-electron chi connectivity index (χ0n) is 17.6. The van der Waals surface area contributed by atoms with Crippen LogP contribution in [-0.4, -0.2) is 82.7 Å². The number of carbonyl (C=O) groups excluding carboxylic acids is 5. The van der Waals surface area contributed by atoms with Crippen LogP contribution in [0.15, 0.2) is 12.2 Å². The molecule has 0 aromatic rings. The van der Waals surface area contributed by atoms with E-state index in [9.17, 15) is 33.9 Å². The fourth-order valence-corrected chi connectivity index (χ4v) is 3.12. The van der Waals surface area contributed by atoms with Gasteiger partial charge in [0, 0.05) is 36.8 Å². The molecular weight excluding hydrogens is 448 g/mol. The number of aliphatic hydroxyl groups excluding tert-OH is 1. The summed E-state index contributed by atoms with van der Waals surface area (Å²) in [6.07, 6.45) is -2.09. The minimum absolute atomic E-state index is 0.0258. The quantitative estimate of drug-likeness (QED) is 0.121. The molecule has 32 heavy (non-hydrogen) atoms. The third-order valence-corrected chi connectivity index (χ3v) is 4.94. The average molecular weight is 474 g/mol. The number of ketones is 1. The Hall–Kier alpha value is -2.77. The van der Waals surface area contributed by atoms with Crippen LogP contribution < -0.4 is 10.6 Å². The number of allylic oxidation sites excluding steroid dienone is 1. The number of aliphatic hydroxyl groups is 1. The van der Waals surface area contributed by atoms with Crippen LogP contribution in [0.1, 0.15) is 26.7 Å². The van der Waals surface area contributed by atoms with Crippen LogP contribution in [0.5, 0.6) is 0 Å². The number of cyclic esters (lactones) is 1. The first-order valence-corrected chi connectivity index (χ1v) is 10.5. The number of amides is 2. The molecule has 0 saturated carbocycles. The lowest BCUT2D eigenvalue weighted by Gasteiger charge is -2.29. The van der Waals surface area contributed by atoms with Crippen LogP contribution in [0.4, 0.5) is 0 Å². The van der Waals surface area contributed by atoms with Crippen molar-refractivity contribution in [2.75, 3.05) is 25.4 Å². The second kappa shape index (κ2) is 12.9. The smallest absolute Gasteiger partial charge is 0.363 e. The van der Waals surface area contributed by atoms with E-state index in [1.165, 1.54) is 0 Å². The van der Waals surface area contributed by atoms with Gasteiger partial charge in [0.2, 0.25) is 11.8 Å². The number of nitrogens with one attached hydrogen (secondary N) is 2. The van der Waals surface area contributed by atoms with E-state index in [0.29, 0.717) is 6.08 Å². The number of thioether (sulfide) groups is 1. The molecule has 0 spiro atoms. The van der Waals surface area contributed by atoms with Gasteiger partial charge in [0.1, 0.15) is 6.10 Å². The molecule has 0 aromatic heterocycles. The molecular formula is C19H26N2O10S. The molecule has 1 unspecified atom stereocenters. The topological polar surface area (TPSA) is 185 Å². The molecule has 1 aliphatic rings. The van der Waals surface area contributed by atoms with Crippen molar-refractivity contribution in [3.63, 3.8) is 0 Å². The minimum Gasteiger partial charge on any atom is -0.478 e. The standard InChI is InChI=1S/C19H26N2O10S/c1-19(2)10-30-17(28)18(29)31-15(19)16(27)21-6-5-12(23)20-7-8-32-14(26)9-11(22)3-4-13(24)25/h3-4,15,18,29H,5-10H2,1-2H3,(H,20,23)(H,21,27)(H,24,25)/b4-3+/t15-,18?/m0/s1. The van der Waals surface area contributed by atoms with Crippen LogP contribution >= 0.6 is 11.8 Å². The van der Waals surface area contributed by atoms with Crippen molar-refractivity contribution in [3.05, 3.63) is 12.2 Å². The monoisotopic (exact) mass is 474 g/mol. The normalized spacial score (nSPS) is 20.2. The van der Waals surface area contributed by atoms with E-state index in [-0.39, 0.29) is 31.9 Å². The number of carboxylic acids is 1. The predicted octanol–water partition coefficient (Wildman–Crippen LogP) is -1.24. The van der Waals surface area contributed by atoms with E-state index >= 15 is 0 Å². The van der Waals surface area contributed by atoms with Crippen molar-refractivity contribution in [1.29, 1.82) is 0 Å². The Morgan fingerprint density at radius 2 is 1.84 bits per heavy atom. The largest absolute Gasteiger partial charge is 0.478 e. The molecule has 2 atom stereocenters. The van der Waals surface area contributed by atoms with E-state index in [2.05, 4.69) is 10.6 Å². The lowest BCUT2D eigenvalue weighted by molar-refractivity contribution is -0.186. The molecule has 0 bridgehead atoms. The molecule has 1 heterocycles. The molecule has 4 N–H and O–H groups in total.